The molecule has 0 aromatic carbocycles. The minimum atomic E-state index is -0.476. The van der Waals surface area contributed by atoms with E-state index in [0.29, 0.717) is 6.42 Å². The summed E-state index contributed by atoms with van der Waals surface area (Å²) in [7, 11) is 3.87. The average Bonchev–Trinajstić information content (AvgIpc) is 2.81. The second-order valence-corrected chi connectivity index (χ2v) is 4.72. The topological polar surface area (TPSA) is 55.9 Å². The normalized spacial score (nSPS) is 12.9. The number of aliphatic hydroxyl groups is 1. The maximum atomic E-state index is 10.3. The lowest BCUT2D eigenvalue weighted by atomic mass is 10.0. The molecule has 0 spiro atoms. The van der Waals surface area contributed by atoms with Gasteiger partial charge in [0, 0.05) is 44.2 Å². The van der Waals surface area contributed by atoms with E-state index in [1.54, 1.807) is 6.20 Å². The van der Waals surface area contributed by atoms with Crippen LogP contribution in [-0.2, 0) is 20.5 Å². The van der Waals surface area contributed by atoms with Gasteiger partial charge in [-0.15, -0.1) is 0 Å². The van der Waals surface area contributed by atoms with Crippen LogP contribution in [0.4, 0.5) is 0 Å². The summed E-state index contributed by atoms with van der Waals surface area (Å²) >= 11 is 0. The van der Waals surface area contributed by atoms with Gasteiger partial charge in [0.25, 0.3) is 0 Å². The Kier molecular flexibility index (Phi) is 3.52. The van der Waals surface area contributed by atoms with Crippen LogP contribution in [0.5, 0.6) is 0 Å². The van der Waals surface area contributed by atoms with Gasteiger partial charge in [0.05, 0.1) is 11.8 Å². The SMILES string of the molecule is Cc1nn(C)c(C)c1C(O)CCc1nccn1C. The Morgan fingerprint density at radius 1 is 1.33 bits per heavy atom. The van der Waals surface area contributed by atoms with E-state index in [0.717, 1.165) is 29.2 Å². The van der Waals surface area contributed by atoms with E-state index in [1.165, 1.54) is 0 Å². The first kappa shape index (κ1) is 12.8. The Morgan fingerprint density at radius 2 is 2.06 bits per heavy atom. The third-order valence-corrected chi connectivity index (χ3v) is 3.46. The molecule has 5 heteroatoms. The smallest absolute Gasteiger partial charge is 0.108 e. The zero-order valence-electron chi connectivity index (χ0n) is 11.4. The van der Waals surface area contributed by atoms with Gasteiger partial charge in [0.15, 0.2) is 0 Å². The molecule has 2 aromatic rings. The van der Waals surface area contributed by atoms with E-state index in [9.17, 15) is 5.11 Å². The molecule has 98 valence electrons. The quantitative estimate of drug-likeness (QED) is 0.890. The Bertz CT molecular complexity index is 541. The van der Waals surface area contributed by atoms with E-state index in [2.05, 4.69) is 10.1 Å². The van der Waals surface area contributed by atoms with Crippen molar-refractivity contribution in [3.8, 4) is 0 Å². The lowest BCUT2D eigenvalue weighted by molar-refractivity contribution is 0.165. The Hall–Kier alpha value is -1.62. The van der Waals surface area contributed by atoms with Gasteiger partial charge in [0.1, 0.15) is 5.82 Å². The molecule has 0 saturated carbocycles. The number of aliphatic hydroxyl groups excluding tert-OH is 1. The second-order valence-electron chi connectivity index (χ2n) is 4.72. The average molecular weight is 248 g/mol. The molecule has 2 heterocycles. The van der Waals surface area contributed by atoms with Crippen molar-refractivity contribution in [2.75, 3.05) is 0 Å². The van der Waals surface area contributed by atoms with Gasteiger partial charge in [-0.1, -0.05) is 0 Å². The van der Waals surface area contributed by atoms with Gasteiger partial charge >= 0.3 is 0 Å². The molecule has 1 unspecified atom stereocenters. The molecule has 0 bridgehead atoms. The number of imidazole rings is 1. The van der Waals surface area contributed by atoms with Crippen LogP contribution < -0.4 is 0 Å². The fourth-order valence-corrected chi connectivity index (χ4v) is 2.32. The van der Waals surface area contributed by atoms with Crippen LogP contribution in [0.15, 0.2) is 12.4 Å². The number of nitrogens with zero attached hydrogens (tertiary/aromatic N) is 4. The molecule has 1 N–H and O–H groups in total. The minimum Gasteiger partial charge on any atom is -0.388 e. The maximum Gasteiger partial charge on any atom is 0.108 e. The third kappa shape index (κ3) is 2.31. The third-order valence-electron chi connectivity index (χ3n) is 3.46. The summed E-state index contributed by atoms with van der Waals surface area (Å²) in [4.78, 5) is 4.26. The Labute approximate surface area is 107 Å². The van der Waals surface area contributed by atoms with E-state index in [1.807, 2.05) is 43.4 Å². The predicted octanol–water partition coefficient (Wildman–Crippen LogP) is 1.44. The molecule has 0 saturated heterocycles. The molecular weight excluding hydrogens is 228 g/mol. The summed E-state index contributed by atoms with van der Waals surface area (Å²) in [5.41, 5.74) is 2.88. The molecule has 2 aromatic heterocycles. The lowest BCUT2D eigenvalue weighted by Crippen LogP contribution is -2.05. The van der Waals surface area contributed by atoms with Crippen molar-refractivity contribution in [2.24, 2.45) is 14.1 Å². The van der Waals surface area contributed by atoms with Crippen molar-refractivity contribution in [2.45, 2.75) is 32.8 Å². The van der Waals surface area contributed by atoms with Crippen molar-refractivity contribution in [1.29, 1.82) is 0 Å². The Balaban J connectivity index is 2.08. The molecule has 1 atom stereocenters. The summed E-state index contributed by atoms with van der Waals surface area (Å²) in [6, 6.07) is 0. The summed E-state index contributed by atoms with van der Waals surface area (Å²) in [6.07, 6.45) is 4.65. The molecule has 0 fully saturated rings. The molecular formula is C13H20N4O. The zero-order valence-corrected chi connectivity index (χ0v) is 11.4. The first-order valence-electron chi connectivity index (χ1n) is 6.15. The van der Waals surface area contributed by atoms with Crippen LogP contribution >= 0.6 is 0 Å². The zero-order chi connectivity index (χ0) is 13.3. The van der Waals surface area contributed by atoms with Crippen molar-refractivity contribution in [1.82, 2.24) is 19.3 Å². The Morgan fingerprint density at radius 3 is 2.56 bits per heavy atom. The summed E-state index contributed by atoms with van der Waals surface area (Å²) in [5.74, 6) is 0.994. The van der Waals surface area contributed by atoms with Gasteiger partial charge in [-0.05, 0) is 20.3 Å². The van der Waals surface area contributed by atoms with E-state index < -0.39 is 6.10 Å². The highest BCUT2D eigenvalue weighted by Crippen LogP contribution is 2.24. The number of rotatable bonds is 4. The van der Waals surface area contributed by atoms with Crippen molar-refractivity contribution in [3.63, 3.8) is 0 Å². The largest absolute Gasteiger partial charge is 0.388 e. The van der Waals surface area contributed by atoms with Gasteiger partial charge in [-0.25, -0.2) is 4.98 Å². The molecule has 0 amide bonds. The standard InChI is InChI=1S/C13H20N4O/c1-9-13(10(2)17(4)15-9)11(18)5-6-12-14-7-8-16(12)3/h7-8,11,18H,5-6H2,1-4H3. The van der Waals surface area contributed by atoms with Crippen molar-refractivity contribution < 1.29 is 5.11 Å². The second kappa shape index (κ2) is 4.94. The molecule has 2 rings (SSSR count). The van der Waals surface area contributed by atoms with E-state index in [4.69, 9.17) is 0 Å². The highest BCUT2D eigenvalue weighted by molar-refractivity contribution is 5.26. The molecule has 18 heavy (non-hydrogen) atoms. The molecule has 0 aliphatic carbocycles. The fraction of sp³-hybridized carbons (Fsp3) is 0.538. The van der Waals surface area contributed by atoms with Gasteiger partial charge in [0.2, 0.25) is 0 Å². The monoisotopic (exact) mass is 248 g/mol. The first-order valence-corrected chi connectivity index (χ1v) is 6.15. The van der Waals surface area contributed by atoms with E-state index in [-0.39, 0.29) is 0 Å². The maximum absolute atomic E-state index is 10.3. The van der Waals surface area contributed by atoms with Crippen LogP contribution in [0.2, 0.25) is 0 Å². The van der Waals surface area contributed by atoms with Gasteiger partial charge in [-0.3, -0.25) is 4.68 Å². The fourth-order valence-electron chi connectivity index (χ4n) is 2.32. The number of hydrogen-bond donors (Lipinski definition) is 1. The van der Waals surface area contributed by atoms with Crippen molar-refractivity contribution >= 4 is 0 Å². The van der Waals surface area contributed by atoms with Crippen LogP contribution in [0.1, 0.15) is 35.3 Å². The molecule has 0 aliphatic rings. The van der Waals surface area contributed by atoms with Crippen LogP contribution in [-0.4, -0.2) is 24.4 Å². The highest BCUT2D eigenvalue weighted by atomic mass is 16.3. The van der Waals surface area contributed by atoms with Crippen molar-refractivity contribution in [3.05, 3.63) is 35.2 Å². The van der Waals surface area contributed by atoms with E-state index >= 15 is 0 Å². The summed E-state index contributed by atoms with van der Waals surface area (Å²) < 4.78 is 3.80. The van der Waals surface area contributed by atoms with Crippen LogP contribution in [0, 0.1) is 13.8 Å². The minimum absolute atomic E-state index is 0.476. The molecule has 0 aliphatic heterocycles. The van der Waals surface area contributed by atoms with Crippen LogP contribution in [0.25, 0.3) is 0 Å². The highest BCUT2D eigenvalue weighted by Gasteiger charge is 2.18. The summed E-state index contributed by atoms with van der Waals surface area (Å²) in [5, 5.41) is 14.6. The number of aromatic nitrogens is 4. The van der Waals surface area contributed by atoms with Crippen LogP contribution in [0.3, 0.4) is 0 Å². The lowest BCUT2D eigenvalue weighted by Gasteiger charge is -2.11. The van der Waals surface area contributed by atoms with Gasteiger partial charge < -0.3 is 9.67 Å². The van der Waals surface area contributed by atoms with Gasteiger partial charge in [-0.2, -0.15) is 5.10 Å². The molecule has 5 nitrogen and oxygen atoms in total. The summed E-state index contributed by atoms with van der Waals surface area (Å²) in [6.45, 7) is 3.92. The predicted molar refractivity (Wildman–Crippen MR) is 69.2 cm³/mol. The number of hydrogen-bond acceptors (Lipinski definition) is 3. The number of aryl methyl sites for hydroxylation is 4. The first-order chi connectivity index (χ1) is 8.50. The molecule has 0 radical (unpaired) electrons.